The van der Waals surface area contributed by atoms with Gasteiger partial charge in [0, 0.05) is 30.2 Å². The molecule has 2 amide bonds. The lowest BCUT2D eigenvalue weighted by Crippen LogP contribution is -2.54. The van der Waals surface area contributed by atoms with E-state index < -0.39 is 10.0 Å². The first-order valence-electron chi connectivity index (χ1n) is 11.5. The van der Waals surface area contributed by atoms with Gasteiger partial charge in [0.15, 0.2) is 0 Å². The highest BCUT2D eigenvalue weighted by Crippen LogP contribution is 2.30. The second kappa shape index (κ2) is 11.0. The number of benzene rings is 2. The summed E-state index contributed by atoms with van der Waals surface area (Å²) in [6.07, 6.45) is 2.98. The minimum Gasteiger partial charge on any atom is -0.352 e. The molecular weight excluding hydrogens is 450 g/mol. The summed E-state index contributed by atoms with van der Waals surface area (Å²) in [6.45, 7) is 9.68. The number of aryl methyl sites for hydroxylation is 1. The molecule has 0 spiro atoms. The average Bonchev–Trinajstić information content (AvgIpc) is 2.78. The van der Waals surface area contributed by atoms with Crippen LogP contribution >= 0.6 is 0 Å². The average molecular weight is 484 g/mol. The van der Waals surface area contributed by atoms with E-state index in [1.165, 1.54) is 28.1 Å². The number of nitrogens with one attached hydrogen (secondary N) is 2. The highest BCUT2D eigenvalue weighted by atomic mass is 32.2. The molecule has 1 saturated heterocycles. The van der Waals surface area contributed by atoms with Crippen LogP contribution in [-0.4, -0.2) is 49.2 Å². The zero-order valence-corrected chi connectivity index (χ0v) is 20.8. The number of carbonyl (C=O) groups excluding carboxylic acids is 2. The fourth-order valence-electron chi connectivity index (χ4n) is 4.60. The van der Waals surface area contributed by atoms with Crippen molar-refractivity contribution in [3.63, 3.8) is 0 Å². The zero-order chi connectivity index (χ0) is 24.9. The topological polar surface area (TPSA) is 95.6 Å². The molecule has 0 aliphatic carbocycles. The molecule has 2 aromatic rings. The van der Waals surface area contributed by atoms with Crippen molar-refractivity contribution in [1.82, 2.24) is 14.9 Å². The van der Waals surface area contributed by atoms with Crippen molar-refractivity contribution in [2.45, 2.75) is 63.1 Å². The summed E-state index contributed by atoms with van der Waals surface area (Å²) in [5.74, 6) is -0.495. The van der Waals surface area contributed by atoms with Crippen LogP contribution in [0.3, 0.4) is 0 Å². The van der Waals surface area contributed by atoms with Gasteiger partial charge < -0.3 is 10.6 Å². The molecule has 0 bridgehead atoms. The quantitative estimate of drug-likeness (QED) is 0.564. The van der Waals surface area contributed by atoms with Crippen LogP contribution in [0.15, 0.2) is 66.1 Å². The molecule has 34 heavy (non-hydrogen) atoms. The minimum absolute atomic E-state index is 0.104. The van der Waals surface area contributed by atoms with Crippen molar-refractivity contribution >= 4 is 21.8 Å². The largest absolute Gasteiger partial charge is 0.352 e. The fraction of sp³-hybridized carbons (Fsp3) is 0.385. The maximum Gasteiger partial charge on any atom is 0.251 e. The molecule has 8 heteroatoms. The second-order valence-electron chi connectivity index (χ2n) is 8.93. The van der Waals surface area contributed by atoms with Gasteiger partial charge in [-0.2, -0.15) is 4.31 Å². The summed E-state index contributed by atoms with van der Waals surface area (Å²) in [6, 6.07) is 13.5. The molecule has 2 aromatic carbocycles. The van der Waals surface area contributed by atoms with Crippen molar-refractivity contribution in [3.8, 4) is 0 Å². The Kier molecular flexibility index (Phi) is 8.28. The van der Waals surface area contributed by atoms with E-state index in [1.54, 1.807) is 12.1 Å². The summed E-state index contributed by atoms with van der Waals surface area (Å²) in [5.41, 5.74) is 2.74. The predicted molar refractivity (Wildman–Crippen MR) is 133 cm³/mol. The summed E-state index contributed by atoms with van der Waals surface area (Å²) >= 11 is 0. The monoisotopic (exact) mass is 483 g/mol. The lowest BCUT2D eigenvalue weighted by Gasteiger charge is -2.41. The van der Waals surface area contributed by atoms with Crippen LogP contribution in [0.2, 0.25) is 0 Å². The smallest absolute Gasteiger partial charge is 0.251 e. The van der Waals surface area contributed by atoms with E-state index >= 15 is 0 Å². The van der Waals surface area contributed by atoms with Crippen LogP contribution in [-0.2, 0) is 21.2 Å². The van der Waals surface area contributed by atoms with Crippen molar-refractivity contribution in [2.75, 3.05) is 6.54 Å². The maximum atomic E-state index is 13.4. The van der Waals surface area contributed by atoms with E-state index in [0.29, 0.717) is 24.9 Å². The lowest BCUT2D eigenvalue weighted by molar-refractivity contribution is -0.117. The van der Waals surface area contributed by atoms with E-state index in [-0.39, 0.29) is 34.8 Å². The number of carbonyl (C=O) groups is 2. The molecule has 1 heterocycles. The predicted octanol–water partition coefficient (Wildman–Crippen LogP) is 3.20. The van der Waals surface area contributed by atoms with Gasteiger partial charge in [0.05, 0.1) is 4.90 Å². The Balaban J connectivity index is 1.63. The third-order valence-electron chi connectivity index (χ3n) is 6.13. The molecule has 1 fully saturated rings. The molecule has 2 unspecified atom stereocenters. The summed E-state index contributed by atoms with van der Waals surface area (Å²) < 4.78 is 28.2. The molecule has 0 radical (unpaired) electrons. The second-order valence-corrected chi connectivity index (χ2v) is 10.8. The van der Waals surface area contributed by atoms with Crippen LogP contribution < -0.4 is 10.6 Å². The molecule has 2 N–H and O–H groups in total. The molecule has 2 atom stereocenters. The SMILES string of the molecule is C=CC(=O)NC1CC(C)N(S(=O)(=O)c2ccc(C(=O)NCCc3cccc(C)c3)cc2)C(C)C1. The molecule has 1 aliphatic heterocycles. The van der Waals surface area contributed by atoms with Crippen LogP contribution in [0.5, 0.6) is 0 Å². The molecule has 0 saturated carbocycles. The molecule has 1 aliphatic rings. The van der Waals surface area contributed by atoms with Crippen LogP contribution in [0.1, 0.15) is 48.2 Å². The normalized spacial score (nSPS) is 21.0. The number of sulfonamides is 1. The van der Waals surface area contributed by atoms with Crippen molar-refractivity contribution in [1.29, 1.82) is 0 Å². The van der Waals surface area contributed by atoms with E-state index in [1.807, 2.05) is 39.0 Å². The summed E-state index contributed by atoms with van der Waals surface area (Å²) in [5, 5.41) is 5.76. The maximum absolute atomic E-state index is 13.4. The first kappa shape index (κ1) is 25.6. The van der Waals surface area contributed by atoms with Gasteiger partial charge in [-0.1, -0.05) is 36.4 Å². The van der Waals surface area contributed by atoms with Crippen molar-refractivity contribution < 1.29 is 18.0 Å². The van der Waals surface area contributed by atoms with Gasteiger partial charge in [-0.25, -0.2) is 8.42 Å². The van der Waals surface area contributed by atoms with Crippen molar-refractivity contribution in [2.24, 2.45) is 0 Å². The first-order valence-corrected chi connectivity index (χ1v) is 13.0. The molecule has 7 nitrogen and oxygen atoms in total. The fourth-order valence-corrected chi connectivity index (χ4v) is 6.45. The Morgan fingerprint density at radius 2 is 1.74 bits per heavy atom. The summed E-state index contributed by atoms with van der Waals surface area (Å²) in [4.78, 5) is 24.3. The van der Waals surface area contributed by atoms with Crippen LogP contribution in [0.25, 0.3) is 0 Å². The summed E-state index contributed by atoms with van der Waals surface area (Å²) in [7, 11) is -3.75. The molecular formula is C26H33N3O4S. The minimum atomic E-state index is -3.75. The number of piperidine rings is 1. The van der Waals surface area contributed by atoms with E-state index in [2.05, 4.69) is 23.3 Å². The van der Waals surface area contributed by atoms with Crippen molar-refractivity contribution in [3.05, 3.63) is 77.9 Å². The Labute approximate surface area is 202 Å². The van der Waals surface area contributed by atoms with E-state index in [9.17, 15) is 18.0 Å². The number of hydrogen-bond acceptors (Lipinski definition) is 4. The lowest BCUT2D eigenvalue weighted by atomic mass is 9.95. The van der Waals surface area contributed by atoms with Gasteiger partial charge >= 0.3 is 0 Å². The molecule has 3 rings (SSSR count). The van der Waals surface area contributed by atoms with E-state index in [4.69, 9.17) is 0 Å². The van der Waals surface area contributed by atoms with Crippen LogP contribution in [0, 0.1) is 6.92 Å². The Morgan fingerprint density at radius 3 is 2.32 bits per heavy atom. The van der Waals surface area contributed by atoms with Gasteiger partial charge in [-0.15, -0.1) is 0 Å². The molecule has 0 aromatic heterocycles. The van der Waals surface area contributed by atoms with Gasteiger partial charge in [0.2, 0.25) is 15.9 Å². The molecule has 182 valence electrons. The zero-order valence-electron chi connectivity index (χ0n) is 20.0. The van der Waals surface area contributed by atoms with Crippen LogP contribution in [0.4, 0.5) is 0 Å². The highest BCUT2D eigenvalue weighted by molar-refractivity contribution is 7.89. The Bertz CT molecular complexity index is 1130. The number of amides is 2. The number of nitrogens with zero attached hydrogens (tertiary/aromatic N) is 1. The highest BCUT2D eigenvalue weighted by Gasteiger charge is 2.39. The number of hydrogen-bond donors (Lipinski definition) is 2. The van der Waals surface area contributed by atoms with Gasteiger partial charge in [0.1, 0.15) is 0 Å². The first-order chi connectivity index (χ1) is 16.1. The van der Waals surface area contributed by atoms with Gasteiger partial charge in [0.25, 0.3) is 5.91 Å². The third-order valence-corrected chi connectivity index (χ3v) is 8.27. The van der Waals surface area contributed by atoms with E-state index in [0.717, 1.165) is 12.0 Å². The standard InChI is InChI=1S/C26H33N3O4S/c1-5-25(30)28-23-16-19(3)29(20(4)17-23)34(32,33)24-11-9-22(10-12-24)26(31)27-14-13-21-8-6-7-18(2)15-21/h5-12,15,19-20,23H,1,13-14,16-17H2,2-4H3,(H,27,31)(H,28,30). The Morgan fingerprint density at radius 1 is 1.09 bits per heavy atom. The number of rotatable bonds is 8. The third kappa shape index (κ3) is 6.12. The van der Waals surface area contributed by atoms with Gasteiger partial charge in [-0.3, -0.25) is 9.59 Å². The Hall–Kier alpha value is -2.97. The van der Waals surface area contributed by atoms with Gasteiger partial charge in [-0.05, 0) is 75.9 Å².